The monoisotopic (exact) mass is 477 g/mol. The third kappa shape index (κ3) is 3.58. The summed E-state index contributed by atoms with van der Waals surface area (Å²) >= 11 is 0. The largest absolute Gasteiger partial charge is 0.491 e. The van der Waals surface area contributed by atoms with Crippen LogP contribution in [0, 0.1) is 19.8 Å². The molecule has 1 unspecified atom stereocenters. The zero-order valence-electron chi connectivity index (χ0n) is 20.2. The van der Waals surface area contributed by atoms with Crippen LogP contribution in [0.3, 0.4) is 0 Å². The molecule has 3 aliphatic rings. The minimum absolute atomic E-state index is 0.167. The molecule has 1 amide bonds. The van der Waals surface area contributed by atoms with Gasteiger partial charge in [-0.15, -0.1) is 0 Å². The average Bonchev–Trinajstić information content (AvgIpc) is 3.54. The lowest BCUT2D eigenvalue weighted by Gasteiger charge is -2.35. The standard InChI is InChI=1S/C25H31N7O3/c1-15-10-18(24(34)32-20(15)23(33)30-25(32)7-4-3-5-8-25)29-22-21-16(2)19(12-31(21)28-14-27-22)35-13-17-6-9-26-11-17/h10,12,14,17,26H,3-9,11,13H2,1-2H3,(H,30,33)(H,27,28,29). The van der Waals surface area contributed by atoms with Crippen molar-refractivity contribution in [3.05, 3.63) is 45.8 Å². The summed E-state index contributed by atoms with van der Waals surface area (Å²) in [6.45, 7) is 6.50. The Morgan fingerprint density at radius 2 is 2.06 bits per heavy atom. The van der Waals surface area contributed by atoms with Crippen LogP contribution in [0.15, 0.2) is 23.4 Å². The van der Waals surface area contributed by atoms with Crippen molar-refractivity contribution in [2.75, 3.05) is 25.0 Å². The number of carbonyl (C=O) groups excluding carboxylic acids is 1. The van der Waals surface area contributed by atoms with Gasteiger partial charge in [-0.05, 0) is 64.1 Å². The zero-order chi connectivity index (χ0) is 24.2. The predicted octanol–water partition coefficient (Wildman–Crippen LogP) is 2.60. The number of rotatable bonds is 5. The molecule has 1 saturated heterocycles. The number of anilines is 2. The van der Waals surface area contributed by atoms with Crippen molar-refractivity contribution < 1.29 is 9.53 Å². The van der Waals surface area contributed by atoms with E-state index in [0.29, 0.717) is 29.7 Å². The smallest absolute Gasteiger partial charge is 0.276 e. The van der Waals surface area contributed by atoms with Crippen molar-refractivity contribution in [2.45, 2.75) is 58.0 Å². The molecular formula is C25H31N7O3. The van der Waals surface area contributed by atoms with Gasteiger partial charge in [0.2, 0.25) is 0 Å². The maximum atomic E-state index is 13.7. The van der Waals surface area contributed by atoms with Crippen LogP contribution >= 0.6 is 0 Å². The fraction of sp³-hybridized carbons (Fsp3) is 0.520. The molecular weight excluding hydrogens is 446 g/mol. The summed E-state index contributed by atoms with van der Waals surface area (Å²) in [5.74, 6) is 1.62. The van der Waals surface area contributed by atoms with Gasteiger partial charge in [-0.25, -0.2) is 9.50 Å². The van der Waals surface area contributed by atoms with Gasteiger partial charge in [0.25, 0.3) is 11.5 Å². The molecule has 0 bridgehead atoms. The number of aromatic nitrogens is 4. The van der Waals surface area contributed by atoms with Gasteiger partial charge < -0.3 is 20.7 Å². The number of carbonyl (C=O) groups is 1. The molecule has 1 spiro atoms. The number of aryl methyl sites for hydroxylation is 2. The molecule has 10 nitrogen and oxygen atoms in total. The van der Waals surface area contributed by atoms with Crippen LogP contribution in [0.25, 0.3) is 5.52 Å². The molecule has 1 saturated carbocycles. The van der Waals surface area contributed by atoms with Crippen molar-refractivity contribution >= 4 is 22.9 Å². The Morgan fingerprint density at radius 3 is 2.83 bits per heavy atom. The van der Waals surface area contributed by atoms with Gasteiger partial charge in [-0.3, -0.25) is 14.2 Å². The topological polar surface area (TPSA) is 115 Å². The first-order valence-electron chi connectivity index (χ1n) is 12.5. The molecule has 5 heterocycles. The van der Waals surface area contributed by atoms with E-state index in [-0.39, 0.29) is 11.5 Å². The molecule has 1 atom stereocenters. The van der Waals surface area contributed by atoms with Crippen molar-refractivity contribution in [3.63, 3.8) is 0 Å². The first kappa shape index (κ1) is 22.1. The fourth-order valence-corrected chi connectivity index (χ4v) is 5.90. The molecule has 35 heavy (non-hydrogen) atoms. The van der Waals surface area contributed by atoms with Gasteiger partial charge in [0.05, 0.1) is 12.8 Å². The maximum Gasteiger partial charge on any atom is 0.276 e. The lowest BCUT2D eigenvalue weighted by atomic mass is 9.89. The molecule has 184 valence electrons. The predicted molar refractivity (Wildman–Crippen MR) is 131 cm³/mol. The summed E-state index contributed by atoms with van der Waals surface area (Å²) in [6.07, 6.45) is 9.05. The summed E-state index contributed by atoms with van der Waals surface area (Å²) in [5, 5.41) is 14.1. The average molecular weight is 478 g/mol. The van der Waals surface area contributed by atoms with Crippen LogP contribution in [0.1, 0.15) is 60.1 Å². The van der Waals surface area contributed by atoms with Gasteiger partial charge in [0, 0.05) is 18.0 Å². The summed E-state index contributed by atoms with van der Waals surface area (Å²) < 4.78 is 9.56. The number of pyridine rings is 1. The minimum Gasteiger partial charge on any atom is -0.491 e. The Balaban J connectivity index is 1.37. The quantitative estimate of drug-likeness (QED) is 0.517. The van der Waals surface area contributed by atoms with E-state index in [0.717, 1.165) is 74.0 Å². The Kier molecular flexibility index (Phi) is 5.28. The van der Waals surface area contributed by atoms with Gasteiger partial charge >= 0.3 is 0 Å². The van der Waals surface area contributed by atoms with E-state index in [4.69, 9.17) is 4.74 Å². The number of nitrogens with zero attached hydrogens (tertiary/aromatic N) is 4. The lowest BCUT2D eigenvalue weighted by molar-refractivity contribution is 0.0876. The third-order valence-corrected chi connectivity index (χ3v) is 7.73. The Labute approximate surface area is 203 Å². The maximum absolute atomic E-state index is 13.7. The first-order valence-corrected chi connectivity index (χ1v) is 12.5. The third-order valence-electron chi connectivity index (χ3n) is 7.73. The van der Waals surface area contributed by atoms with Crippen molar-refractivity contribution in [2.24, 2.45) is 5.92 Å². The zero-order valence-corrected chi connectivity index (χ0v) is 20.2. The molecule has 2 fully saturated rings. The van der Waals surface area contributed by atoms with Crippen molar-refractivity contribution in [1.82, 2.24) is 29.8 Å². The lowest BCUT2D eigenvalue weighted by Crippen LogP contribution is -2.48. The number of hydrogen-bond acceptors (Lipinski definition) is 7. The summed E-state index contributed by atoms with van der Waals surface area (Å²) in [5.41, 5.74) is 2.45. The first-order chi connectivity index (χ1) is 17.0. The Hall–Kier alpha value is -3.40. The highest BCUT2D eigenvalue weighted by Crippen LogP contribution is 2.38. The molecule has 6 rings (SSSR count). The molecule has 3 aromatic heterocycles. The number of ether oxygens (including phenoxy) is 1. The number of fused-ring (bicyclic) bond motifs is 3. The highest BCUT2D eigenvalue weighted by molar-refractivity contribution is 5.97. The number of hydrogen-bond donors (Lipinski definition) is 3. The van der Waals surface area contributed by atoms with Gasteiger partial charge in [0.1, 0.15) is 34.6 Å². The van der Waals surface area contributed by atoms with Crippen molar-refractivity contribution in [1.29, 1.82) is 0 Å². The van der Waals surface area contributed by atoms with E-state index < -0.39 is 5.66 Å². The Morgan fingerprint density at radius 1 is 1.23 bits per heavy atom. The normalized spacial score (nSPS) is 20.9. The molecule has 3 aromatic rings. The van der Waals surface area contributed by atoms with E-state index >= 15 is 0 Å². The second kappa shape index (κ2) is 8.37. The van der Waals surface area contributed by atoms with Crippen LogP contribution in [-0.4, -0.2) is 44.8 Å². The molecule has 0 aromatic carbocycles. The Bertz CT molecular complexity index is 1360. The second-order valence-electron chi connectivity index (χ2n) is 10.1. The van der Waals surface area contributed by atoms with Crippen LogP contribution in [0.4, 0.5) is 11.5 Å². The SMILES string of the molecule is Cc1cc(Nc2ncnn3cc(OCC4CCNC4)c(C)c23)c(=O)n2c1C(=O)NC21CCCCC1. The van der Waals surface area contributed by atoms with Crippen LogP contribution < -0.4 is 26.2 Å². The van der Waals surface area contributed by atoms with Gasteiger partial charge in [-0.2, -0.15) is 5.10 Å². The van der Waals surface area contributed by atoms with E-state index in [1.807, 2.05) is 20.0 Å². The van der Waals surface area contributed by atoms with Gasteiger partial charge in [-0.1, -0.05) is 6.42 Å². The van der Waals surface area contributed by atoms with Crippen LogP contribution in [-0.2, 0) is 5.66 Å². The number of nitrogens with one attached hydrogen (secondary N) is 3. The van der Waals surface area contributed by atoms with E-state index in [9.17, 15) is 9.59 Å². The minimum atomic E-state index is -0.633. The number of amides is 1. The van der Waals surface area contributed by atoms with E-state index in [1.54, 1.807) is 15.1 Å². The molecule has 3 N–H and O–H groups in total. The van der Waals surface area contributed by atoms with E-state index in [2.05, 4.69) is 26.0 Å². The highest BCUT2D eigenvalue weighted by Gasteiger charge is 2.45. The molecule has 0 radical (unpaired) electrons. The summed E-state index contributed by atoms with van der Waals surface area (Å²) in [4.78, 5) is 31.0. The van der Waals surface area contributed by atoms with Crippen LogP contribution in [0.5, 0.6) is 5.75 Å². The van der Waals surface area contributed by atoms with Crippen molar-refractivity contribution in [3.8, 4) is 5.75 Å². The van der Waals surface area contributed by atoms with Gasteiger partial charge in [0.15, 0.2) is 5.82 Å². The second-order valence-corrected chi connectivity index (χ2v) is 10.1. The summed E-state index contributed by atoms with van der Waals surface area (Å²) in [6, 6.07) is 1.75. The van der Waals surface area contributed by atoms with Crippen LogP contribution in [0.2, 0.25) is 0 Å². The molecule has 1 aliphatic carbocycles. The fourth-order valence-electron chi connectivity index (χ4n) is 5.90. The highest BCUT2D eigenvalue weighted by atomic mass is 16.5. The van der Waals surface area contributed by atoms with E-state index in [1.165, 1.54) is 6.33 Å². The summed E-state index contributed by atoms with van der Waals surface area (Å²) in [7, 11) is 0. The molecule has 10 heteroatoms. The molecule has 2 aliphatic heterocycles.